The molecule has 0 spiro atoms. The van der Waals surface area contributed by atoms with Crippen molar-refractivity contribution in [1.29, 1.82) is 0 Å². The summed E-state index contributed by atoms with van der Waals surface area (Å²) in [6.07, 6.45) is -0.959. The third kappa shape index (κ3) is 5.05. The van der Waals surface area contributed by atoms with Crippen LogP contribution >= 0.6 is 15.9 Å². The van der Waals surface area contributed by atoms with Crippen LogP contribution in [0, 0.1) is 0 Å². The van der Waals surface area contributed by atoms with Crippen molar-refractivity contribution in [2.75, 3.05) is 5.32 Å². The summed E-state index contributed by atoms with van der Waals surface area (Å²) in [7, 11) is 0. The fourth-order valence-electron chi connectivity index (χ4n) is 2.01. The van der Waals surface area contributed by atoms with Gasteiger partial charge in [0.1, 0.15) is 6.04 Å². The maximum absolute atomic E-state index is 12.0. The van der Waals surface area contributed by atoms with Crippen molar-refractivity contribution in [2.45, 2.75) is 31.9 Å². The van der Waals surface area contributed by atoms with Crippen molar-refractivity contribution in [3.63, 3.8) is 0 Å². The number of carbonyl (C=O) groups is 4. The Bertz CT molecular complexity index is 662. The molecule has 2 atom stereocenters. The lowest BCUT2D eigenvalue weighted by molar-refractivity contribution is -0.153. The van der Waals surface area contributed by atoms with Gasteiger partial charge in [0.25, 0.3) is 11.8 Å². The molecule has 8 nitrogen and oxygen atoms in total. The van der Waals surface area contributed by atoms with Gasteiger partial charge in [0.2, 0.25) is 0 Å². The zero-order valence-corrected chi connectivity index (χ0v) is 14.4. The second kappa shape index (κ2) is 7.91. The number of imide groups is 1. The van der Waals surface area contributed by atoms with Gasteiger partial charge in [0.05, 0.1) is 0 Å². The lowest BCUT2D eigenvalue weighted by Crippen LogP contribution is -2.32. The Hall–Kier alpha value is -2.42. The number of carbonyl (C=O) groups excluding carboxylic acids is 4. The lowest BCUT2D eigenvalue weighted by Gasteiger charge is -2.14. The van der Waals surface area contributed by atoms with E-state index < -0.39 is 36.0 Å². The van der Waals surface area contributed by atoms with E-state index in [1.54, 1.807) is 24.3 Å². The predicted molar refractivity (Wildman–Crippen MR) is 88.0 cm³/mol. The number of ether oxygens (including phenoxy) is 1. The van der Waals surface area contributed by atoms with Crippen LogP contribution in [0.3, 0.4) is 0 Å². The third-order valence-electron chi connectivity index (χ3n) is 3.28. The van der Waals surface area contributed by atoms with E-state index in [9.17, 15) is 19.2 Å². The monoisotopic (exact) mass is 397 g/mol. The predicted octanol–water partition coefficient (Wildman–Crippen LogP) is 1.31. The first-order valence-corrected chi connectivity index (χ1v) is 8.01. The maximum atomic E-state index is 12.0. The van der Waals surface area contributed by atoms with Crippen LogP contribution in [0.4, 0.5) is 10.5 Å². The molecule has 1 aromatic carbocycles. The molecule has 0 aliphatic carbocycles. The Morgan fingerprint density at radius 2 is 1.96 bits per heavy atom. The second-order valence-corrected chi connectivity index (χ2v) is 6.10. The summed E-state index contributed by atoms with van der Waals surface area (Å²) in [6.45, 7) is 1.45. The van der Waals surface area contributed by atoms with Gasteiger partial charge in [-0.3, -0.25) is 19.7 Å². The van der Waals surface area contributed by atoms with Crippen LogP contribution < -0.4 is 16.0 Å². The highest BCUT2D eigenvalue weighted by Crippen LogP contribution is 2.14. The molecule has 0 aromatic heterocycles. The molecule has 4 amide bonds. The fourth-order valence-corrected chi connectivity index (χ4v) is 2.28. The summed E-state index contributed by atoms with van der Waals surface area (Å²) in [5.41, 5.74) is 0.580. The Balaban J connectivity index is 1.76. The van der Waals surface area contributed by atoms with Gasteiger partial charge in [-0.2, -0.15) is 0 Å². The molecule has 24 heavy (non-hydrogen) atoms. The molecule has 0 radical (unpaired) electrons. The van der Waals surface area contributed by atoms with Crippen molar-refractivity contribution in [1.82, 2.24) is 10.6 Å². The highest BCUT2D eigenvalue weighted by atomic mass is 79.9. The number of nitrogens with one attached hydrogen (secondary N) is 3. The minimum Gasteiger partial charge on any atom is -0.453 e. The Morgan fingerprint density at radius 3 is 2.54 bits per heavy atom. The summed E-state index contributed by atoms with van der Waals surface area (Å²) in [6, 6.07) is 5.62. The van der Waals surface area contributed by atoms with Crippen LogP contribution in [0.1, 0.15) is 19.8 Å². The number of hydrogen-bond donors (Lipinski definition) is 3. The van der Waals surface area contributed by atoms with Gasteiger partial charge < -0.3 is 15.4 Å². The average Bonchev–Trinajstić information content (AvgIpc) is 2.85. The number of urea groups is 1. The summed E-state index contributed by atoms with van der Waals surface area (Å²) in [5, 5.41) is 7.08. The zero-order valence-electron chi connectivity index (χ0n) is 12.8. The molecule has 1 heterocycles. The summed E-state index contributed by atoms with van der Waals surface area (Å²) in [5.74, 6) is -1.56. The van der Waals surface area contributed by atoms with Crippen molar-refractivity contribution >= 4 is 45.4 Å². The number of anilines is 1. The standard InChI is InChI=1S/C15H16BrN3O5/c1-8(13(21)17-10-4-2-9(16)3-5-10)24-12(20)7-6-11-14(22)19-15(23)18-11/h2-5,8,11H,6-7H2,1H3,(H,17,21)(H2,18,19,22,23)/t8-,11+/m1/s1. The molecular formula is C15H16BrN3O5. The topological polar surface area (TPSA) is 114 Å². The van der Waals surface area contributed by atoms with E-state index in [-0.39, 0.29) is 12.8 Å². The first-order chi connectivity index (χ1) is 11.3. The van der Waals surface area contributed by atoms with Gasteiger partial charge in [-0.05, 0) is 37.6 Å². The SMILES string of the molecule is C[C@@H](OC(=O)CC[C@@H]1NC(=O)NC1=O)C(=O)Nc1ccc(Br)cc1. The van der Waals surface area contributed by atoms with E-state index in [4.69, 9.17) is 4.74 Å². The number of rotatable bonds is 6. The smallest absolute Gasteiger partial charge is 0.322 e. The van der Waals surface area contributed by atoms with Gasteiger partial charge in [-0.1, -0.05) is 15.9 Å². The quantitative estimate of drug-likeness (QED) is 0.494. The van der Waals surface area contributed by atoms with Crippen LogP contribution in [0.15, 0.2) is 28.7 Å². The minimum absolute atomic E-state index is 0.0890. The van der Waals surface area contributed by atoms with E-state index >= 15 is 0 Å². The van der Waals surface area contributed by atoms with Gasteiger partial charge in [0, 0.05) is 16.6 Å². The largest absolute Gasteiger partial charge is 0.453 e. The summed E-state index contributed by atoms with van der Waals surface area (Å²) in [4.78, 5) is 46.0. The number of benzene rings is 1. The Kier molecular flexibility index (Phi) is 5.91. The molecule has 1 fully saturated rings. The molecule has 1 aromatic rings. The van der Waals surface area contributed by atoms with Crippen LogP contribution in [-0.2, 0) is 19.1 Å². The van der Waals surface area contributed by atoms with Crippen molar-refractivity contribution in [3.05, 3.63) is 28.7 Å². The highest BCUT2D eigenvalue weighted by Gasteiger charge is 2.30. The zero-order chi connectivity index (χ0) is 17.7. The third-order valence-corrected chi connectivity index (χ3v) is 3.81. The second-order valence-electron chi connectivity index (χ2n) is 5.18. The molecule has 2 rings (SSSR count). The van der Waals surface area contributed by atoms with E-state index in [2.05, 4.69) is 31.9 Å². The first-order valence-electron chi connectivity index (χ1n) is 7.22. The van der Waals surface area contributed by atoms with Gasteiger partial charge in [0.15, 0.2) is 6.10 Å². The molecule has 0 saturated carbocycles. The molecule has 128 valence electrons. The van der Waals surface area contributed by atoms with Crippen LogP contribution in [-0.4, -0.2) is 36.0 Å². The van der Waals surface area contributed by atoms with Gasteiger partial charge in [-0.25, -0.2) is 4.79 Å². The number of hydrogen-bond acceptors (Lipinski definition) is 5. The average molecular weight is 398 g/mol. The van der Waals surface area contributed by atoms with Gasteiger partial charge >= 0.3 is 12.0 Å². The lowest BCUT2D eigenvalue weighted by atomic mass is 10.1. The molecule has 1 aliphatic rings. The van der Waals surface area contributed by atoms with E-state index in [1.807, 2.05) is 0 Å². The molecule has 0 unspecified atom stereocenters. The number of halogens is 1. The minimum atomic E-state index is -0.979. The Labute approximate surface area is 146 Å². The Morgan fingerprint density at radius 1 is 1.29 bits per heavy atom. The van der Waals surface area contributed by atoms with E-state index in [0.29, 0.717) is 5.69 Å². The molecule has 3 N–H and O–H groups in total. The van der Waals surface area contributed by atoms with Crippen LogP contribution in [0.5, 0.6) is 0 Å². The van der Waals surface area contributed by atoms with E-state index in [0.717, 1.165) is 4.47 Å². The first kappa shape index (κ1) is 17.9. The van der Waals surface area contributed by atoms with Gasteiger partial charge in [-0.15, -0.1) is 0 Å². The number of esters is 1. The molecule has 1 aliphatic heterocycles. The molecule has 9 heteroatoms. The van der Waals surface area contributed by atoms with Crippen LogP contribution in [0.25, 0.3) is 0 Å². The highest BCUT2D eigenvalue weighted by molar-refractivity contribution is 9.10. The van der Waals surface area contributed by atoms with E-state index in [1.165, 1.54) is 6.92 Å². The normalized spacial score (nSPS) is 17.7. The van der Waals surface area contributed by atoms with Crippen molar-refractivity contribution in [2.24, 2.45) is 0 Å². The number of amides is 4. The van der Waals surface area contributed by atoms with Crippen LogP contribution in [0.2, 0.25) is 0 Å². The summed E-state index contributed by atoms with van der Waals surface area (Å²) < 4.78 is 5.90. The molecule has 1 saturated heterocycles. The fraction of sp³-hybridized carbons (Fsp3) is 0.333. The van der Waals surface area contributed by atoms with Crippen molar-refractivity contribution < 1.29 is 23.9 Å². The van der Waals surface area contributed by atoms with Crippen molar-refractivity contribution in [3.8, 4) is 0 Å². The molecule has 0 bridgehead atoms. The summed E-state index contributed by atoms with van der Waals surface area (Å²) >= 11 is 3.29. The molecular weight excluding hydrogens is 382 g/mol. The maximum Gasteiger partial charge on any atom is 0.322 e.